The molecule has 0 amide bonds. The lowest BCUT2D eigenvalue weighted by atomic mass is 10.1. The second kappa shape index (κ2) is 6.38. The van der Waals surface area contributed by atoms with Crippen LogP contribution in [0.2, 0.25) is 0 Å². The maximum Gasteiger partial charge on any atom is 0.574 e. The minimum absolute atomic E-state index is 0.213. The first kappa shape index (κ1) is 18.0. The van der Waals surface area contributed by atoms with Crippen molar-refractivity contribution < 1.29 is 40.6 Å². The van der Waals surface area contributed by atoms with E-state index in [1.165, 1.54) is 6.92 Å². The third-order valence-corrected chi connectivity index (χ3v) is 2.27. The molecule has 0 aliphatic heterocycles. The number of alkyl halides is 6. The van der Waals surface area contributed by atoms with Crippen molar-refractivity contribution in [3.8, 4) is 5.88 Å². The fourth-order valence-electron chi connectivity index (χ4n) is 1.48. The van der Waals surface area contributed by atoms with Crippen molar-refractivity contribution in [3.05, 3.63) is 22.9 Å². The van der Waals surface area contributed by atoms with Crippen molar-refractivity contribution in [3.63, 3.8) is 0 Å². The zero-order chi connectivity index (χ0) is 17.1. The summed E-state index contributed by atoms with van der Waals surface area (Å²) in [5.41, 5.74) is 2.10. The summed E-state index contributed by atoms with van der Waals surface area (Å²) in [6, 6.07) is 0.371. The van der Waals surface area contributed by atoms with E-state index < -0.39 is 47.8 Å². The Morgan fingerprint density at radius 1 is 1.27 bits per heavy atom. The van der Waals surface area contributed by atoms with Crippen LogP contribution in [-0.4, -0.2) is 23.9 Å². The van der Waals surface area contributed by atoms with Crippen LogP contribution >= 0.6 is 0 Å². The average molecular weight is 332 g/mol. The van der Waals surface area contributed by atoms with Gasteiger partial charge in [-0.3, -0.25) is 0 Å². The molecule has 0 aliphatic rings. The number of rotatable bonds is 4. The number of ether oxygens (including phenoxy) is 2. The van der Waals surface area contributed by atoms with Gasteiger partial charge in [0.25, 0.3) is 0 Å². The number of carbonyl (C=O) groups is 1. The van der Waals surface area contributed by atoms with Crippen molar-refractivity contribution in [1.29, 1.82) is 0 Å². The topological polar surface area (TPSA) is 74.4 Å². The molecule has 2 N–H and O–H groups in total. The SMILES string of the molecule is CCOC(=O)c1c(CN)cc(C(F)(F)F)nc1OC(F)(F)F. The molecule has 11 heteroatoms. The highest BCUT2D eigenvalue weighted by atomic mass is 19.4. The normalized spacial score (nSPS) is 12.2. The van der Waals surface area contributed by atoms with E-state index in [0.29, 0.717) is 6.07 Å². The smallest absolute Gasteiger partial charge is 0.462 e. The molecule has 1 rings (SSSR count). The fourth-order valence-corrected chi connectivity index (χ4v) is 1.48. The standard InChI is InChI=1S/C11H10F6N2O3/c1-2-21-9(20)7-5(4-18)3-6(10(12,13)14)19-8(7)22-11(15,16)17/h3H,2,4,18H2,1H3. The van der Waals surface area contributed by atoms with Gasteiger partial charge in [-0.1, -0.05) is 0 Å². The Morgan fingerprint density at radius 3 is 2.27 bits per heavy atom. The molecule has 0 saturated heterocycles. The number of halogens is 6. The number of nitrogens with zero attached hydrogens (tertiary/aromatic N) is 1. The predicted molar refractivity (Wildman–Crippen MR) is 59.8 cm³/mol. The van der Waals surface area contributed by atoms with E-state index in [9.17, 15) is 31.1 Å². The van der Waals surface area contributed by atoms with E-state index in [-0.39, 0.29) is 6.61 Å². The summed E-state index contributed by atoms with van der Waals surface area (Å²) >= 11 is 0. The van der Waals surface area contributed by atoms with Crippen LogP contribution < -0.4 is 10.5 Å². The van der Waals surface area contributed by atoms with E-state index in [2.05, 4.69) is 14.5 Å². The Hall–Kier alpha value is -2.04. The summed E-state index contributed by atoms with van der Waals surface area (Å²) in [4.78, 5) is 14.4. The Labute approximate surface area is 120 Å². The average Bonchev–Trinajstić information content (AvgIpc) is 2.34. The van der Waals surface area contributed by atoms with Crippen LogP contribution in [0.5, 0.6) is 5.88 Å². The lowest BCUT2D eigenvalue weighted by Crippen LogP contribution is -2.24. The van der Waals surface area contributed by atoms with Gasteiger partial charge < -0.3 is 15.2 Å². The van der Waals surface area contributed by atoms with Gasteiger partial charge in [0.1, 0.15) is 11.3 Å². The predicted octanol–water partition coefficient (Wildman–Crippen LogP) is 2.63. The first-order valence-electron chi connectivity index (χ1n) is 5.73. The van der Waals surface area contributed by atoms with Gasteiger partial charge in [-0.2, -0.15) is 13.2 Å². The fraction of sp³-hybridized carbons (Fsp3) is 0.455. The Morgan fingerprint density at radius 2 is 1.86 bits per heavy atom. The summed E-state index contributed by atoms with van der Waals surface area (Å²) in [6.45, 7) is 0.505. The Balaban J connectivity index is 3.53. The quantitative estimate of drug-likeness (QED) is 0.678. The summed E-state index contributed by atoms with van der Waals surface area (Å²) in [5.74, 6) is -2.87. The maximum absolute atomic E-state index is 12.6. The molecule has 0 aliphatic carbocycles. The number of aromatic nitrogens is 1. The van der Waals surface area contributed by atoms with Crippen LogP contribution in [0.3, 0.4) is 0 Å². The lowest BCUT2D eigenvalue weighted by molar-refractivity contribution is -0.276. The molecule has 1 aromatic heterocycles. The van der Waals surface area contributed by atoms with Crippen molar-refractivity contribution in [2.45, 2.75) is 26.0 Å². The Bertz CT molecular complexity index is 556. The molecule has 0 spiro atoms. The van der Waals surface area contributed by atoms with Crippen LogP contribution in [-0.2, 0) is 17.5 Å². The molecule has 0 fully saturated rings. The van der Waals surface area contributed by atoms with E-state index >= 15 is 0 Å². The van der Waals surface area contributed by atoms with Crippen LogP contribution in [0, 0.1) is 0 Å². The summed E-state index contributed by atoms with van der Waals surface area (Å²) in [7, 11) is 0. The van der Waals surface area contributed by atoms with Gasteiger partial charge in [0.05, 0.1) is 6.61 Å². The van der Waals surface area contributed by atoms with E-state index in [1.807, 2.05) is 0 Å². The maximum atomic E-state index is 12.6. The zero-order valence-corrected chi connectivity index (χ0v) is 11.0. The Kier molecular flexibility index (Phi) is 5.22. The van der Waals surface area contributed by atoms with Gasteiger partial charge >= 0.3 is 18.5 Å². The summed E-state index contributed by atoms with van der Waals surface area (Å²) in [5, 5.41) is 0. The lowest BCUT2D eigenvalue weighted by Gasteiger charge is -2.16. The third kappa shape index (κ3) is 4.48. The first-order valence-corrected chi connectivity index (χ1v) is 5.73. The van der Waals surface area contributed by atoms with Gasteiger partial charge in [-0.05, 0) is 18.6 Å². The molecule has 22 heavy (non-hydrogen) atoms. The minimum atomic E-state index is -5.34. The minimum Gasteiger partial charge on any atom is -0.462 e. The molecular weight excluding hydrogens is 322 g/mol. The molecular formula is C11H10F6N2O3. The van der Waals surface area contributed by atoms with Crippen LogP contribution in [0.4, 0.5) is 26.3 Å². The molecule has 1 aromatic rings. The number of carbonyl (C=O) groups excluding carboxylic acids is 1. The highest BCUT2D eigenvalue weighted by Crippen LogP contribution is 2.34. The highest BCUT2D eigenvalue weighted by Gasteiger charge is 2.39. The molecule has 0 atom stereocenters. The number of hydrogen-bond donors (Lipinski definition) is 1. The molecule has 0 unspecified atom stereocenters. The molecule has 5 nitrogen and oxygen atoms in total. The monoisotopic (exact) mass is 332 g/mol. The molecule has 0 bridgehead atoms. The number of pyridine rings is 1. The highest BCUT2D eigenvalue weighted by molar-refractivity contribution is 5.93. The van der Waals surface area contributed by atoms with Crippen LogP contribution in [0.15, 0.2) is 6.07 Å². The number of hydrogen-bond acceptors (Lipinski definition) is 5. The van der Waals surface area contributed by atoms with Crippen molar-refractivity contribution in [2.75, 3.05) is 6.61 Å². The molecule has 124 valence electrons. The summed E-state index contributed by atoms with van der Waals surface area (Å²) < 4.78 is 82.7. The van der Waals surface area contributed by atoms with Crippen LogP contribution in [0.1, 0.15) is 28.5 Å². The van der Waals surface area contributed by atoms with Gasteiger partial charge in [-0.25, -0.2) is 9.78 Å². The van der Waals surface area contributed by atoms with Gasteiger partial charge in [0.2, 0.25) is 5.88 Å². The molecule has 0 saturated carbocycles. The largest absolute Gasteiger partial charge is 0.574 e. The van der Waals surface area contributed by atoms with Gasteiger partial charge in [0, 0.05) is 6.54 Å². The third-order valence-electron chi connectivity index (χ3n) is 2.27. The molecule has 1 heterocycles. The van der Waals surface area contributed by atoms with Crippen LogP contribution in [0.25, 0.3) is 0 Å². The molecule has 0 radical (unpaired) electrons. The second-order valence-electron chi connectivity index (χ2n) is 3.82. The van der Waals surface area contributed by atoms with Crippen molar-refractivity contribution in [2.24, 2.45) is 5.73 Å². The number of nitrogens with two attached hydrogens (primary N) is 1. The van der Waals surface area contributed by atoms with E-state index in [1.54, 1.807) is 0 Å². The van der Waals surface area contributed by atoms with E-state index in [4.69, 9.17) is 5.73 Å². The van der Waals surface area contributed by atoms with Gasteiger partial charge in [-0.15, -0.1) is 13.2 Å². The van der Waals surface area contributed by atoms with Crippen molar-refractivity contribution >= 4 is 5.97 Å². The summed E-state index contributed by atoms with van der Waals surface area (Å²) in [6.07, 6.45) is -10.4. The molecule has 0 aromatic carbocycles. The second-order valence-corrected chi connectivity index (χ2v) is 3.82. The van der Waals surface area contributed by atoms with Crippen molar-refractivity contribution in [1.82, 2.24) is 4.98 Å². The first-order chi connectivity index (χ1) is 9.99. The number of esters is 1. The van der Waals surface area contributed by atoms with Gasteiger partial charge in [0.15, 0.2) is 0 Å². The van der Waals surface area contributed by atoms with E-state index in [0.717, 1.165) is 0 Å². The zero-order valence-electron chi connectivity index (χ0n) is 11.0.